The van der Waals surface area contributed by atoms with E-state index < -0.39 is 12.1 Å². The Bertz CT molecular complexity index is 447. The van der Waals surface area contributed by atoms with Gasteiger partial charge in [-0.1, -0.05) is 0 Å². The molecule has 1 heterocycles. The molecular weight excluding hydrogens is 262 g/mol. The molecule has 1 amide bonds. The molecular formula is C13H19N3O4. The Morgan fingerprint density at radius 1 is 1.45 bits per heavy atom. The lowest BCUT2D eigenvalue weighted by molar-refractivity contribution is -0.129. The molecule has 0 aliphatic heterocycles. The summed E-state index contributed by atoms with van der Waals surface area (Å²) in [6.07, 6.45) is 1.17. The van der Waals surface area contributed by atoms with E-state index in [4.69, 9.17) is 15.2 Å². The molecule has 0 aliphatic rings. The third-order valence-corrected chi connectivity index (χ3v) is 2.47. The summed E-state index contributed by atoms with van der Waals surface area (Å²) in [5.74, 6) is -1.02. The van der Waals surface area contributed by atoms with Crippen molar-refractivity contribution in [1.82, 2.24) is 10.3 Å². The van der Waals surface area contributed by atoms with E-state index in [1.807, 2.05) is 0 Å². The number of carbonyl (C=O) groups excluding carboxylic acids is 2. The quantitative estimate of drug-likeness (QED) is 0.552. The number of hydrogen-bond donors (Lipinski definition) is 2. The molecule has 1 aromatic heterocycles. The number of esters is 1. The summed E-state index contributed by atoms with van der Waals surface area (Å²) in [4.78, 5) is 27.2. The van der Waals surface area contributed by atoms with Crippen LogP contribution in [0.25, 0.3) is 0 Å². The molecule has 1 unspecified atom stereocenters. The maximum Gasteiger partial charge on any atom is 0.357 e. The van der Waals surface area contributed by atoms with E-state index in [9.17, 15) is 9.59 Å². The maximum absolute atomic E-state index is 11.7. The molecule has 1 rings (SSSR count). The van der Waals surface area contributed by atoms with Crippen molar-refractivity contribution >= 4 is 17.6 Å². The molecule has 1 aromatic rings. The summed E-state index contributed by atoms with van der Waals surface area (Å²) in [6, 6.07) is 2.99. The van der Waals surface area contributed by atoms with Crippen LogP contribution in [-0.4, -0.2) is 43.2 Å². The first-order valence-electron chi connectivity index (χ1n) is 6.23. The van der Waals surface area contributed by atoms with Crippen LogP contribution in [0.1, 0.15) is 23.8 Å². The number of nitrogens with zero attached hydrogens (tertiary/aromatic N) is 1. The highest BCUT2D eigenvalue weighted by Crippen LogP contribution is 2.04. The molecule has 7 nitrogen and oxygen atoms in total. The number of carbonyl (C=O) groups is 2. The van der Waals surface area contributed by atoms with Crippen LogP contribution in [0, 0.1) is 0 Å². The molecule has 110 valence electrons. The zero-order chi connectivity index (χ0) is 15.0. The fourth-order valence-electron chi connectivity index (χ4n) is 1.37. The van der Waals surface area contributed by atoms with Gasteiger partial charge in [0.25, 0.3) is 5.91 Å². The van der Waals surface area contributed by atoms with Crippen LogP contribution in [0.2, 0.25) is 0 Å². The van der Waals surface area contributed by atoms with Gasteiger partial charge < -0.3 is 20.5 Å². The molecule has 1 atom stereocenters. The van der Waals surface area contributed by atoms with E-state index in [0.717, 1.165) is 0 Å². The van der Waals surface area contributed by atoms with Gasteiger partial charge in [-0.2, -0.15) is 0 Å². The normalized spacial score (nSPS) is 11.7. The van der Waals surface area contributed by atoms with Crippen molar-refractivity contribution in [2.24, 2.45) is 0 Å². The van der Waals surface area contributed by atoms with Crippen molar-refractivity contribution in [3.63, 3.8) is 0 Å². The summed E-state index contributed by atoms with van der Waals surface area (Å²) < 4.78 is 9.87. The van der Waals surface area contributed by atoms with Gasteiger partial charge >= 0.3 is 5.97 Å². The lowest BCUT2D eigenvalue weighted by Crippen LogP contribution is -2.36. The number of nitrogens with one attached hydrogen (secondary N) is 1. The van der Waals surface area contributed by atoms with Crippen molar-refractivity contribution in [3.8, 4) is 0 Å². The Kier molecular flexibility index (Phi) is 6.45. The first-order valence-corrected chi connectivity index (χ1v) is 6.23. The van der Waals surface area contributed by atoms with Crippen LogP contribution >= 0.6 is 0 Å². The van der Waals surface area contributed by atoms with E-state index in [-0.39, 0.29) is 11.6 Å². The SMILES string of the molecule is COCCCNC(=O)C(C)OC(=O)c1ccc(N)cn1. The average Bonchev–Trinajstić information content (AvgIpc) is 2.44. The average molecular weight is 281 g/mol. The Morgan fingerprint density at radius 2 is 2.20 bits per heavy atom. The second-order valence-electron chi connectivity index (χ2n) is 4.16. The maximum atomic E-state index is 11.7. The van der Waals surface area contributed by atoms with E-state index in [1.54, 1.807) is 13.2 Å². The number of ether oxygens (including phenoxy) is 2. The Labute approximate surface area is 117 Å². The molecule has 3 N–H and O–H groups in total. The molecule has 0 saturated carbocycles. The van der Waals surface area contributed by atoms with Crippen LogP contribution in [0.5, 0.6) is 0 Å². The van der Waals surface area contributed by atoms with Crippen molar-refractivity contribution in [2.75, 3.05) is 26.0 Å². The highest BCUT2D eigenvalue weighted by atomic mass is 16.5. The molecule has 0 fully saturated rings. The number of amides is 1. The van der Waals surface area contributed by atoms with Gasteiger partial charge in [0.05, 0.1) is 11.9 Å². The fraction of sp³-hybridized carbons (Fsp3) is 0.462. The summed E-state index contributed by atoms with van der Waals surface area (Å²) in [5, 5.41) is 2.65. The van der Waals surface area contributed by atoms with E-state index in [0.29, 0.717) is 25.3 Å². The van der Waals surface area contributed by atoms with Crippen LogP contribution in [0.3, 0.4) is 0 Å². The zero-order valence-corrected chi connectivity index (χ0v) is 11.6. The van der Waals surface area contributed by atoms with Gasteiger partial charge in [-0.25, -0.2) is 9.78 Å². The number of hydrogen-bond acceptors (Lipinski definition) is 6. The van der Waals surface area contributed by atoms with Crippen molar-refractivity contribution in [3.05, 3.63) is 24.0 Å². The molecule has 20 heavy (non-hydrogen) atoms. The number of methoxy groups -OCH3 is 1. The molecule has 0 radical (unpaired) electrons. The fourth-order valence-corrected chi connectivity index (χ4v) is 1.37. The molecule has 0 saturated heterocycles. The van der Waals surface area contributed by atoms with E-state index >= 15 is 0 Å². The van der Waals surface area contributed by atoms with Gasteiger partial charge in [0, 0.05) is 20.3 Å². The lowest BCUT2D eigenvalue weighted by atomic mass is 10.3. The second-order valence-corrected chi connectivity index (χ2v) is 4.16. The number of nitrogen functional groups attached to an aromatic ring is 1. The topological polar surface area (TPSA) is 104 Å². The van der Waals surface area contributed by atoms with Gasteiger partial charge in [0.1, 0.15) is 5.69 Å². The Morgan fingerprint density at radius 3 is 2.80 bits per heavy atom. The zero-order valence-electron chi connectivity index (χ0n) is 11.6. The highest BCUT2D eigenvalue weighted by molar-refractivity contribution is 5.90. The van der Waals surface area contributed by atoms with Gasteiger partial charge in [-0.3, -0.25) is 4.79 Å². The largest absolute Gasteiger partial charge is 0.448 e. The number of anilines is 1. The van der Waals surface area contributed by atoms with Gasteiger partial charge in [-0.15, -0.1) is 0 Å². The van der Waals surface area contributed by atoms with E-state index in [1.165, 1.54) is 19.2 Å². The standard InChI is InChI=1S/C13H19N3O4/c1-9(12(17)15-6-3-7-19-2)20-13(18)11-5-4-10(14)8-16-11/h4-5,8-9H,3,6-7,14H2,1-2H3,(H,15,17). The Balaban J connectivity index is 2.40. The smallest absolute Gasteiger partial charge is 0.357 e. The van der Waals surface area contributed by atoms with Gasteiger partial charge in [0.15, 0.2) is 6.10 Å². The predicted molar refractivity (Wildman–Crippen MR) is 73.0 cm³/mol. The molecule has 0 bridgehead atoms. The third kappa shape index (κ3) is 5.23. The number of aromatic nitrogens is 1. The third-order valence-electron chi connectivity index (χ3n) is 2.47. The Hall–Kier alpha value is -2.15. The lowest BCUT2D eigenvalue weighted by Gasteiger charge is -2.13. The highest BCUT2D eigenvalue weighted by Gasteiger charge is 2.19. The number of nitrogens with two attached hydrogens (primary N) is 1. The number of rotatable bonds is 7. The predicted octanol–water partition coefficient (Wildman–Crippen LogP) is 0.362. The van der Waals surface area contributed by atoms with Crippen LogP contribution in [0.15, 0.2) is 18.3 Å². The van der Waals surface area contributed by atoms with E-state index in [2.05, 4.69) is 10.3 Å². The van der Waals surface area contributed by atoms with Crippen molar-refractivity contribution in [1.29, 1.82) is 0 Å². The second kappa shape index (κ2) is 8.11. The summed E-state index contributed by atoms with van der Waals surface area (Å²) in [5.41, 5.74) is 6.03. The number of pyridine rings is 1. The minimum Gasteiger partial charge on any atom is -0.448 e. The minimum absolute atomic E-state index is 0.109. The molecule has 0 aliphatic carbocycles. The molecule has 7 heteroatoms. The molecule has 0 spiro atoms. The van der Waals surface area contributed by atoms with Crippen LogP contribution in [-0.2, 0) is 14.3 Å². The van der Waals surface area contributed by atoms with Gasteiger partial charge in [0.2, 0.25) is 0 Å². The van der Waals surface area contributed by atoms with Crippen molar-refractivity contribution < 1.29 is 19.1 Å². The monoisotopic (exact) mass is 281 g/mol. The summed E-state index contributed by atoms with van der Waals surface area (Å²) in [7, 11) is 1.59. The first kappa shape index (κ1) is 15.9. The van der Waals surface area contributed by atoms with Crippen LogP contribution in [0.4, 0.5) is 5.69 Å². The van der Waals surface area contributed by atoms with Crippen molar-refractivity contribution in [2.45, 2.75) is 19.4 Å². The summed E-state index contributed by atoms with van der Waals surface area (Å²) >= 11 is 0. The minimum atomic E-state index is -0.885. The van der Waals surface area contributed by atoms with Crippen LogP contribution < -0.4 is 11.1 Å². The first-order chi connectivity index (χ1) is 9.54. The summed E-state index contributed by atoms with van der Waals surface area (Å²) in [6.45, 7) is 2.53. The van der Waals surface area contributed by atoms with Gasteiger partial charge in [-0.05, 0) is 25.5 Å². The molecule has 0 aromatic carbocycles.